The standard InChI is InChI=1S/C15H24N2O2S/c1-11-10-14(12(2)20-11)15(19)16-6-3-7-17-8-4-13(18)5-9-17/h10,13,18H,3-9H2,1-2H3,(H,16,19). The van der Waals surface area contributed by atoms with Crippen molar-refractivity contribution in [2.45, 2.75) is 39.2 Å². The maximum Gasteiger partial charge on any atom is 0.252 e. The highest BCUT2D eigenvalue weighted by molar-refractivity contribution is 7.12. The molecule has 20 heavy (non-hydrogen) atoms. The van der Waals surface area contributed by atoms with Gasteiger partial charge in [0.05, 0.1) is 11.7 Å². The van der Waals surface area contributed by atoms with Gasteiger partial charge in [-0.15, -0.1) is 11.3 Å². The molecular formula is C15H24N2O2S. The van der Waals surface area contributed by atoms with E-state index in [0.717, 1.165) is 49.3 Å². The van der Waals surface area contributed by atoms with Crippen molar-refractivity contribution in [2.75, 3.05) is 26.2 Å². The summed E-state index contributed by atoms with van der Waals surface area (Å²) in [6, 6.07) is 1.96. The van der Waals surface area contributed by atoms with E-state index in [-0.39, 0.29) is 12.0 Å². The molecule has 0 aromatic carbocycles. The Morgan fingerprint density at radius 2 is 2.15 bits per heavy atom. The lowest BCUT2D eigenvalue weighted by atomic mass is 10.1. The van der Waals surface area contributed by atoms with Gasteiger partial charge < -0.3 is 15.3 Å². The molecule has 1 aliphatic heterocycles. The predicted octanol–water partition coefficient (Wildman–Crippen LogP) is 1.94. The first kappa shape index (κ1) is 15.5. The molecule has 1 saturated heterocycles. The van der Waals surface area contributed by atoms with Gasteiger partial charge in [-0.25, -0.2) is 0 Å². The van der Waals surface area contributed by atoms with Crippen molar-refractivity contribution in [3.05, 3.63) is 21.4 Å². The lowest BCUT2D eigenvalue weighted by Gasteiger charge is -2.29. The van der Waals surface area contributed by atoms with Crippen LogP contribution < -0.4 is 5.32 Å². The number of nitrogens with zero attached hydrogens (tertiary/aromatic N) is 1. The first-order valence-electron chi connectivity index (χ1n) is 7.32. The second-order valence-electron chi connectivity index (χ2n) is 5.51. The molecule has 2 heterocycles. The molecule has 1 amide bonds. The van der Waals surface area contributed by atoms with Gasteiger partial charge in [0, 0.05) is 29.4 Å². The van der Waals surface area contributed by atoms with Gasteiger partial charge in [-0.3, -0.25) is 4.79 Å². The SMILES string of the molecule is Cc1cc(C(=O)NCCCN2CCC(O)CC2)c(C)s1. The van der Waals surface area contributed by atoms with Crippen LogP contribution in [-0.4, -0.2) is 48.2 Å². The van der Waals surface area contributed by atoms with E-state index in [0.29, 0.717) is 6.54 Å². The van der Waals surface area contributed by atoms with Gasteiger partial charge in [-0.1, -0.05) is 0 Å². The number of thiophene rings is 1. The first-order chi connectivity index (χ1) is 9.56. The molecule has 1 aliphatic rings. The van der Waals surface area contributed by atoms with Crippen molar-refractivity contribution in [1.29, 1.82) is 0 Å². The van der Waals surface area contributed by atoms with E-state index >= 15 is 0 Å². The maximum absolute atomic E-state index is 12.0. The maximum atomic E-state index is 12.0. The van der Waals surface area contributed by atoms with Crippen LogP contribution in [0.1, 0.15) is 39.4 Å². The van der Waals surface area contributed by atoms with Crippen LogP contribution in [-0.2, 0) is 0 Å². The van der Waals surface area contributed by atoms with Crippen LogP contribution in [0.4, 0.5) is 0 Å². The topological polar surface area (TPSA) is 52.6 Å². The quantitative estimate of drug-likeness (QED) is 0.817. The highest BCUT2D eigenvalue weighted by Gasteiger charge is 2.16. The Bertz CT molecular complexity index is 451. The summed E-state index contributed by atoms with van der Waals surface area (Å²) >= 11 is 1.67. The Labute approximate surface area is 124 Å². The summed E-state index contributed by atoms with van der Waals surface area (Å²) in [6.45, 7) is 7.67. The van der Waals surface area contributed by atoms with Crippen LogP contribution in [0.5, 0.6) is 0 Å². The minimum absolute atomic E-state index is 0.0425. The molecule has 4 nitrogen and oxygen atoms in total. The van der Waals surface area contributed by atoms with Gasteiger partial charge in [0.25, 0.3) is 5.91 Å². The van der Waals surface area contributed by atoms with Gasteiger partial charge in [-0.05, 0) is 45.7 Å². The number of nitrogens with one attached hydrogen (secondary N) is 1. The molecule has 2 rings (SSSR count). The number of aliphatic hydroxyl groups is 1. The molecule has 5 heteroatoms. The Hall–Kier alpha value is -0.910. The van der Waals surface area contributed by atoms with Crippen LogP contribution >= 0.6 is 11.3 Å². The summed E-state index contributed by atoms with van der Waals surface area (Å²) in [4.78, 5) is 16.6. The van der Waals surface area contributed by atoms with E-state index in [4.69, 9.17) is 0 Å². The fourth-order valence-corrected chi connectivity index (χ4v) is 3.52. The number of aliphatic hydroxyl groups excluding tert-OH is 1. The van der Waals surface area contributed by atoms with Crippen LogP contribution in [0, 0.1) is 13.8 Å². The fraction of sp³-hybridized carbons (Fsp3) is 0.667. The van der Waals surface area contributed by atoms with E-state index in [1.54, 1.807) is 11.3 Å². The minimum atomic E-state index is -0.115. The number of hydrogen-bond donors (Lipinski definition) is 2. The number of amides is 1. The van der Waals surface area contributed by atoms with Crippen LogP contribution in [0.25, 0.3) is 0 Å². The van der Waals surface area contributed by atoms with E-state index in [2.05, 4.69) is 10.2 Å². The Morgan fingerprint density at radius 3 is 2.75 bits per heavy atom. The second kappa shape index (κ2) is 7.20. The highest BCUT2D eigenvalue weighted by Crippen LogP contribution is 2.20. The molecule has 0 saturated carbocycles. The number of aryl methyl sites for hydroxylation is 2. The van der Waals surface area contributed by atoms with Gasteiger partial charge >= 0.3 is 0 Å². The summed E-state index contributed by atoms with van der Waals surface area (Å²) in [5.74, 6) is 0.0425. The molecule has 1 aromatic rings. The molecule has 1 fully saturated rings. The normalized spacial score (nSPS) is 17.4. The lowest BCUT2D eigenvalue weighted by molar-refractivity contribution is 0.0816. The molecule has 0 spiro atoms. The number of rotatable bonds is 5. The molecule has 112 valence electrons. The summed E-state index contributed by atoms with van der Waals surface area (Å²) in [6.07, 6.45) is 2.60. The number of carbonyl (C=O) groups is 1. The third kappa shape index (κ3) is 4.30. The van der Waals surface area contributed by atoms with Crippen molar-refractivity contribution in [2.24, 2.45) is 0 Å². The summed E-state index contributed by atoms with van der Waals surface area (Å²) in [7, 11) is 0. The molecule has 0 unspecified atom stereocenters. The predicted molar refractivity (Wildman–Crippen MR) is 82.4 cm³/mol. The number of hydrogen-bond acceptors (Lipinski definition) is 4. The fourth-order valence-electron chi connectivity index (χ4n) is 2.60. The zero-order chi connectivity index (χ0) is 14.5. The summed E-state index contributed by atoms with van der Waals surface area (Å²) in [5.41, 5.74) is 0.814. The van der Waals surface area contributed by atoms with Crippen molar-refractivity contribution >= 4 is 17.2 Å². The van der Waals surface area contributed by atoms with Crippen LogP contribution in [0.15, 0.2) is 6.07 Å². The van der Waals surface area contributed by atoms with Crippen LogP contribution in [0.2, 0.25) is 0 Å². The molecular weight excluding hydrogens is 272 g/mol. The second-order valence-corrected chi connectivity index (χ2v) is 6.97. The van der Waals surface area contributed by atoms with E-state index in [1.165, 1.54) is 4.88 Å². The van der Waals surface area contributed by atoms with Gasteiger partial charge in [0.2, 0.25) is 0 Å². The van der Waals surface area contributed by atoms with E-state index in [9.17, 15) is 9.90 Å². The van der Waals surface area contributed by atoms with Crippen molar-refractivity contribution < 1.29 is 9.90 Å². The van der Waals surface area contributed by atoms with Gasteiger partial charge in [-0.2, -0.15) is 0 Å². The highest BCUT2D eigenvalue weighted by atomic mass is 32.1. The molecule has 0 atom stereocenters. The van der Waals surface area contributed by atoms with Crippen molar-refractivity contribution in [3.63, 3.8) is 0 Å². The first-order valence-corrected chi connectivity index (χ1v) is 8.13. The molecule has 2 N–H and O–H groups in total. The lowest BCUT2D eigenvalue weighted by Crippen LogP contribution is -2.37. The van der Waals surface area contributed by atoms with Crippen LogP contribution in [0.3, 0.4) is 0 Å². The molecule has 0 aliphatic carbocycles. The summed E-state index contributed by atoms with van der Waals surface area (Å²) in [5, 5.41) is 12.4. The third-order valence-electron chi connectivity index (χ3n) is 3.78. The monoisotopic (exact) mass is 296 g/mol. The zero-order valence-corrected chi connectivity index (χ0v) is 13.1. The number of carbonyl (C=O) groups excluding carboxylic acids is 1. The average molecular weight is 296 g/mol. The molecule has 1 aromatic heterocycles. The molecule has 0 bridgehead atoms. The number of piperidine rings is 1. The zero-order valence-electron chi connectivity index (χ0n) is 12.3. The van der Waals surface area contributed by atoms with Gasteiger partial charge in [0.1, 0.15) is 0 Å². The molecule has 0 radical (unpaired) electrons. The van der Waals surface area contributed by atoms with Crippen molar-refractivity contribution in [3.8, 4) is 0 Å². The van der Waals surface area contributed by atoms with Gasteiger partial charge in [0.15, 0.2) is 0 Å². The third-order valence-corrected chi connectivity index (χ3v) is 4.75. The largest absolute Gasteiger partial charge is 0.393 e. The van der Waals surface area contributed by atoms with Crippen molar-refractivity contribution in [1.82, 2.24) is 10.2 Å². The minimum Gasteiger partial charge on any atom is -0.393 e. The number of likely N-dealkylation sites (tertiary alicyclic amines) is 1. The Morgan fingerprint density at radius 1 is 1.45 bits per heavy atom. The average Bonchev–Trinajstić information content (AvgIpc) is 2.75. The smallest absolute Gasteiger partial charge is 0.252 e. The Balaban J connectivity index is 1.66. The van der Waals surface area contributed by atoms with E-state index < -0.39 is 0 Å². The van der Waals surface area contributed by atoms with E-state index in [1.807, 2.05) is 19.9 Å². The Kier molecular flexibility index (Phi) is 5.57. The summed E-state index contributed by atoms with van der Waals surface area (Å²) < 4.78 is 0.